The molecule has 0 radical (unpaired) electrons. The molecule has 98 valence electrons. The Balaban J connectivity index is 1.88. The van der Waals surface area contributed by atoms with Crippen molar-refractivity contribution in [3.63, 3.8) is 0 Å². The van der Waals surface area contributed by atoms with Crippen LogP contribution in [-0.2, 0) is 16.1 Å². The lowest BCUT2D eigenvalue weighted by molar-refractivity contribution is 0.177. The van der Waals surface area contributed by atoms with Crippen molar-refractivity contribution in [1.82, 2.24) is 9.97 Å². The van der Waals surface area contributed by atoms with Crippen LogP contribution >= 0.6 is 0 Å². The summed E-state index contributed by atoms with van der Waals surface area (Å²) >= 11 is 0. The molecule has 1 aromatic heterocycles. The SMILES string of the molecule is COCc1nc([C@H]2CCOC2)cc(N2CCC2)n1. The number of rotatable bonds is 4. The minimum atomic E-state index is 0.420. The lowest BCUT2D eigenvalue weighted by Crippen LogP contribution is -2.38. The fourth-order valence-corrected chi connectivity index (χ4v) is 2.38. The van der Waals surface area contributed by atoms with Crippen molar-refractivity contribution in [1.29, 1.82) is 0 Å². The molecule has 0 N–H and O–H groups in total. The Kier molecular flexibility index (Phi) is 3.43. The highest BCUT2D eigenvalue weighted by Crippen LogP contribution is 2.27. The molecule has 0 spiro atoms. The number of anilines is 1. The molecule has 0 aliphatic carbocycles. The van der Waals surface area contributed by atoms with Gasteiger partial charge in [0.2, 0.25) is 0 Å². The van der Waals surface area contributed by atoms with Gasteiger partial charge in [-0.05, 0) is 12.8 Å². The largest absolute Gasteiger partial charge is 0.381 e. The molecule has 2 aliphatic rings. The Morgan fingerprint density at radius 2 is 2.33 bits per heavy atom. The summed E-state index contributed by atoms with van der Waals surface area (Å²) in [6.07, 6.45) is 2.31. The molecule has 0 amide bonds. The summed E-state index contributed by atoms with van der Waals surface area (Å²) in [4.78, 5) is 11.5. The fraction of sp³-hybridized carbons (Fsp3) is 0.692. The van der Waals surface area contributed by atoms with Gasteiger partial charge in [-0.1, -0.05) is 0 Å². The minimum absolute atomic E-state index is 0.420. The Morgan fingerprint density at radius 1 is 1.44 bits per heavy atom. The van der Waals surface area contributed by atoms with E-state index >= 15 is 0 Å². The molecule has 1 atom stereocenters. The van der Waals surface area contributed by atoms with Gasteiger partial charge < -0.3 is 14.4 Å². The van der Waals surface area contributed by atoms with Gasteiger partial charge in [0.1, 0.15) is 12.4 Å². The van der Waals surface area contributed by atoms with Gasteiger partial charge >= 0.3 is 0 Å². The minimum Gasteiger partial charge on any atom is -0.381 e. The van der Waals surface area contributed by atoms with Gasteiger partial charge in [0, 0.05) is 38.8 Å². The predicted molar refractivity (Wildman–Crippen MR) is 67.8 cm³/mol. The number of hydrogen-bond acceptors (Lipinski definition) is 5. The monoisotopic (exact) mass is 249 g/mol. The summed E-state index contributed by atoms with van der Waals surface area (Å²) in [7, 11) is 1.68. The first kappa shape index (κ1) is 11.9. The summed E-state index contributed by atoms with van der Waals surface area (Å²) in [5, 5.41) is 0. The van der Waals surface area contributed by atoms with E-state index in [0.717, 1.165) is 50.1 Å². The van der Waals surface area contributed by atoms with E-state index in [1.807, 2.05) is 0 Å². The Hall–Kier alpha value is -1.20. The lowest BCUT2D eigenvalue weighted by Gasteiger charge is -2.32. The molecule has 18 heavy (non-hydrogen) atoms. The molecule has 3 rings (SSSR count). The van der Waals surface area contributed by atoms with Crippen molar-refractivity contribution >= 4 is 5.82 Å². The first-order valence-corrected chi connectivity index (χ1v) is 6.56. The Morgan fingerprint density at radius 3 is 2.94 bits per heavy atom. The molecule has 2 fully saturated rings. The highest BCUT2D eigenvalue weighted by atomic mass is 16.5. The zero-order chi connectivity index (χ0) is 12.4. The Labute approximate surface area is 107 Å². The van der Waals surface area contributed by atoms with Gasteiger partial charge in [0.25, 0.3) is 0 Å². The number of nitrogens with zero attached hydrogens (tertiary/aromatic N) is 3. The third kappa shape index (κ3) is 2.33. The van der Waals surface area contributed by atoms with Gasteiger partial charge in [-0.25, -0.2) is 9.97 Å². The van der Waals surface area contributed by atoms with Crippen molar-refractivity contribution < 1.29 is 9.47 Å². The Bertz CT molecular complexity index is 415. The number of aromatic nitrogens is 2. The predicted octanol–water partition coefficient (Wildman–Crippen LogP) is 1.34. The molecule has 0 bridgehead atoms. The molecular weight excluding hydrogens is 230 g/mol. The summed E-state index contributed by atoms with van der Waals surface area (Å²) in [5.41, 5.74) is 1.11. The molecule has 3 heterocycles. The highest BCUT2D eigenvalue weighted by molar-refractivity contribution is 5.43. The van der Waals surface area contributed by atoms with Gasteiger partial charge in [-0.3, -0.25) is 0 Å². The van der Waals surface area contributed by atoms with Crippen LogP contribution in [-0.4, -0.2) is 43.4 Å². The summed E-state index contributed by atoms with van der Waals surface area (Å²) in [6.45, 7) is 4.30. The standard InChI is InChI=1S/C13H19N3O2/c1-17-9-12-14-11(10-3-6-18-8-10)7-13(15-12)16-4-2-5-16/h7,10H,2-6,8-9H2,1H3/t10-/m0/s1. The van der Waals surface area contributed by atoms with Crippen LogP contribution in [0.2, 0.25) is 0 Å². The van der Waals surface area contributed by atoms with Crippen LogP contribution in [0.15, 0.2) is 6.07 Å². The maximum absolute atomic E-state index is 5.45. The lowest BCUT2D eigenvalue weighted by atomic mass is 10.0. The van der Waals surface area contributed by atoms with Gasteiger partial charge in [0.05, 0.1) is 12.3 Å². The van der Waals surface area contributed by atoms with Crippen LogP contribution in [0.5, 0.6) is 0 Å². The van der Waals surface area contributed by atoms with Crippen molar-refractivity contribution in [2.24, 2.45) is 0 Å². The van der Waals surface area contributed by atoms with Crippen molar-refractivity contribution in [3.8, 4) is 0 Å². The van der Waals surface area contributed by atoms with Crippen molar-refractivity contribution in [2.45, 2.75) is 25.4 Å². The van der Waals surface area contributed by atoms with Gasteiger partial charge in [0.15, 0.2) is 5.82 Å². The average molecular weight is 249 g/mol. The number of ether oxygens (including phenoxy) is 2. The average Bonchev–Trinajstić information content (AvgIpc) is 2.80. The number of methoxy groups -OCH3 is 1. The van der Waals surface area contributed by atoms with Gasteiger partial charge in [-0.15, -0.1) is 0 Å². The number of hydrogen-bond donors (Lipinski definition) is 0. The molecule has 5 nitrogen and oxygen atoms in total. The van der Waals surface area contributed by atoms with E-state index in [1.54, 1.807) is 7.11 Å². The second-order valence-corrected chi connectivity index (χ2v) is 4.90. The molecule has 0 unspecified atom stereocenters. The smallest absolute Gasteiger partial charge is 0.156 e. The highest BCUT2D eigenvalue weighted by Gasteiger charge is 2.23. The van der Waals surface area contributed by atoms with E-state index in [2.05, 4.69) is 20.9 Å². The maximum Gasteiger partial charge on any atom is 0.156 e. The van der Waals surface area contributed by atoms with E-state index in [0.29, 0.717) is 12.5 Å². The third-order valence-corrected chi connectivity index (χ3v) is 3.58. The second kappa shape index (κ2) is 5.20. The zero-order valence-corrected chi connectivity index (χ0v) is 10.8. The summed E-state index contributed by atoms with van der Waals surface area (Å²) < 4.78 is 10.6. The van der Waals surface area contributed by atoms with E-state index in [9.17, 15) is 0 Å². The summed E-state index contributed by atoms with van der Waals surface area (Å²) in [6, 6.07) is 2.12. The third-order valence-electron chi connectivity index (χ3n) is 3.58. The molecule has 1 aromatic rings. The quantitative estimate of drug-likeness (QED) is 0.806. The first-order chi connectivity index (χ1) is 8.86. The van der Waals surface area contributed by atoms with E-state index in [-0.39, 0.29) is 0 Å². The normalized spacial score (nSPS) is 23.2. The van der Waals surface area contributed by atoms with E-state index in [1.165, 1.54) is 6.42 Å². The van der Waals surface area contributed by atoms with E-state index in [4.69, 9.17) is 9.47 Å². The molecule has 2 saturated heterocycles. The molecule has 2 aliphatic heterocycles. The molecule has 0 aromatic carbocycles. The van der Waals surface area contributed by atoms with Crippen LogP contribution < -0.4 is 4.90 Å². The van der Waals surface area contributed by atoms with Crippen LogP contribution in [0.3, 0.4) is 0 Å². The second-order valence-electron chi connectivity index (χ2n) is 4.90. The first-order valence-electron chi connectivity index (χ1n) is 6.56. The summed E-state index contributed by atoms with van der Waals surface area (Å²) in [5.74, 6) is 2.25. The van der Waals surface area contributed by atoms with Crippen molar-refractivity contribution in [3.05, 3.63) is 17.6 Å². The van der Waals surface area contributed by atoms with Crippen LogP contribution in [0, 0.1) is 0 Å². The molecule has 5 heteroatoms. The topological polar surface area (TPSA) is 47.5 Å². The molecule has 0 saturated carbocycles. The maximum atomic E-state index is 5.45. The van der Waals surface area contributed by atoms with Crippen molar-refractivity contribution in [2.75, 3.05) is 38.3 Å². The van der Waals surface area contributed by atoms with Gasteiger partial charge in [-0.2, -0.15) is 0 Å². The van der Waals surface area contributed by atoms with Crippen LogP contribution in [0.4, 0.5) is 5.82 Å². The van der Waals surface area contributed by atoms with Crippen LogP contribution in [0.1, 0.15) is 30.3 Å². The zero-order valence-electron chi connectivity index (χ0n) is 10.8. The van der Waals surface area contributed by atoms with Crippen LogP contribution in [0.25, 0.3) is 0 Å². The molecular formula is C13H19N3O2. The van der Waals surface area contributed by atoms with E-state index < -0.39 is 0 Å². The fourth-order valence-electron chi connectivity index (χ4n) is 2.38.